The first-order valence-electron chi connectivity index (χ1n) is 7.29. The molecule has 20 heavy (non-hydrogen) atoms. The summed E-state index contributed by atoms with van der Waals surface area (Å²) in [6.45, 7) is 2.84. The van der Waals surface area contributed by atoms with E-state index in [4.69, 9.17) is 4.74 Å². The highest BCUT2D eigenvalue weighted by Crippen LogP contribution is 2.26. The molecule has 0 bridgehead atoms. The van der Waals surface area contributed by atoms with Crippen molar-refractivity contribution in [3.05, 3.63) is 54.3 Å². The quantitative estimate of drug-likeness (QED) is 0.609. The number of hydrogen-bond donors (Lipinski definition) is 0. The van der Waals surface area contributed by atoms with Crippen LogP contribution in [0.5, 0.6) is 5.75 Å². The van der Waals surface area contributed by atoms with Gasteiger partial charge in [0.05, 0.1) is 6.61 Å². The predicted octanol–water partition coefficient (Wildman–Crippen LogP) is 5.45. The second-order valence-corrected chi connectivity index (χ2v) is 4.92. The molecule has 0 heterocycles. The molecule has 0 fully saturated rings. The van der Waals surface area contributed by atoms with Crippen molar-refractivity contribution in [2.75, 3.05) is 6.61 Å². The molecular weight excluding hydrogens is 251 g/mol. The van der Waals surface area contributed by atoms with Gasteiger partial charge in [0.2, 0.25) is 0 Å². The zero-order chi connectivity index (χ0) is 14.2. The molecule has 0 saturated heterocycles. The molecule has 2 aromatic rings. The van der Waals surface area contributed by atoms with Crippen LogP contribution in [0, 0.1) is 5.82 Å². The number of ether oxygens (including phenoxy) is 1. The van der Waals surface area contributed by atoms with Crippen molar-refractivity contribution in [3.8, 4) is 16.9 Å². The summed E-state index contributed by atoms with van der Waals surface area (Å²) in [5.74, 6) is 0.376. The van der Waals surface area contributed by atoms with Crippen LogP contribution in [0.15, 0.2) is 48.5 Å². The van der Waals surface area contributed by atoms with Crippen molar-refractivity contribution in [1.29, 1.82) is 0 Å². The number of unbranched alkanes of at least 4 members (excludes halogenated alkanes) is 3. The topological polar surface area (TPSA) is 9.23 Å². The Balaban J connectivity index is 1.96. The van der Waals surface area contributed by atoms with Gasteiger partial charge in [-0.2, -0.15) is 0 Å². The maximum atomic E-state index is 14.1. The van der Waals surface area contributed by atoms with Crippen molar-refractivity contribution in [1.82, 2.24) is 0 Å². The van der Waals surface area contributed by atoms with E-state index in [9.17, 15) is 4.39 Å². The normalized spacial score (nSPS) is 10.5. The predicted molar refractivity (Wildman–Crippen MR) is 81.5 cm³/mol. The number of benzene rings is 2. The van der Waals surface area contributed by atoms with Crippen LogP contribution in [-0.2, 0) is 0 Å². The van der Waals surface area contributed by atoms with Gasteiger partial charge >= 0.3 is 0 Å². The zero-order valence-corrected chi connectivity index (χ0v) is 11.9. The number of rotatable bonds is 7. The van der Waals surface area contributed by atoms with Gasteiger partial charge < -0.3 is 4.74 Å². The fourth-order valence-corrected chi connectivity index (χ4v) is 2.16. The number of hydrogen-bond acceptors (Lipinski definition) is 1. The molecule has 0 spiro atoms. The molecule has 0 aliphatic rings. The largest absolute Gasteiger partial charge is 0.493 e. The maximum Gasteiger partial charge on any atom is 0.134 e. The van der Waals surface area contributed by atoms with E-state index in [-0.39, 0.29) is 5.82 Å². The Hall–Kier alpha value is -1.83. The Labute approximate surface area is 120 Å². The average molecular weight is 272 g/mol. The Morgan fingerprint density at radius 3 is 2.45 bits per heavy atom. The fourth-order valence-electron chi connectivity index (χ4n) is 2.16. The van der Waals surface area contributed by atoms with Gasteiger partial charge in [-0.1, -0.05) is 56.5 Å². The third kappa shape index (κ3) is 4.09. The van der Waals surface area contributed by atoms with Crippen LogP contribution >= 0.6 is 0 Å². The Morgan fingerprint density at radius 2 is 1.75 bits per heavy atom. The van der Waals surface area contributed by atoms with Crippen molar-refractivity contribution in [2.24, 2.45) is 0 Å². The van der Waals surface area contributed by atoms with Crippen LogP contribution in [0.2, 0.25) is 0 Å². The summed E-state index contributed by atoms with van der Waals surface area (Å²) in [4.78, 5) is 0. The summed E-state index contributed by atoms with van der Waals surface area (Å²) in [6, 6.07) is 14.7. The van der Waals surface area contributed by atoms with Crippen LogP contribution in [0.25, 0.3) is 11.1 Å². The first-order valence-corrected chi connectivity index (χ1v) is 7.29. The first kappa shape index (κ1) is 14.6. The molecule has 106 valence electrons. The Morgan fingerprint density at radius 1 is 0.950 bits per heavy atom. The van der Waals surface area contributed by atoms with E-state index in [2.05, 4.69) is 6.92 Å². The van der Waals surface area contributed by atoms with Gasteiger partial charge in [-0.05, 0) is 24.1 Å². The molecule has 0 aliphatic carbocycles. The molecule has 0 radical (unpaired) electrons. The van der Waals surface area contributed by atoms with Gasteiger partial charge in [-0.25, -0.2) is 4.39 Å². The van der Waals surface area contributed by atoms with E-state index in [1.165, 1.54) is 25.3 Å². The van der Waals surface area contributed by atoms with Crippen LogP contribution in [0.3, 0.4) is 0 Å². The lowest BCUT2D eigenvalue weighted by atomic mass is 10.1. The summed E-state index contributed by atoms with van der Waals surface area (Å²) < 4.78 is 19.7. The van der Waals surface area contributed by atoms with Crippen molar-refractivity contribution >= 4 is 0 Å². The molecule has 0 aromatic heterocycles. The second-order valence-electron chi connectivity index (χ2n) is 4.92. The number of halogens is 1. The van der Waals surface area contributed by atoms with Crippen LogP contribution in [-0.4, -0.2) is 6.61 Å². The summed E-state index contributed by atoms with van der Waals surface area (Å²) in [5, 5.41) is 0. The SMILES string of the molecule is CCCCCCOc1ccc(-c2ccccc2)c(F)c1. The minimum absolute atomic E-state index is 0.234. The van der Waals surface area contributed by atoms with Crippen molar-refractivity contribution in [2.45, 2.75) is 32.6 Å². The van der Waals surface area contributed by atoms with Crippen LogP contribution in [0.4, 0.5) is 4.39 Å². The minimum atomic E-state index is -0.234. The molecule has 2 aromatic carbocycles. The standard InChI is InChI=1S/C18H21FO/c1-2-3-4-8-13-20-16-11-12-17(18(19)14-16)15-9-6-5-7-10-15/h5-7,9-12,14H,2-4,8,13H2,1H3. The van der Waals surface area contributed by atoms with Gasteiger partial charge in [0.1, 0.15) is 11.6 Å². The Bertz CT molecular complexity index is 522. The van der Waals surface area contributed by atoms with Crippen LogP contribution in [0.1, 0.15) is 32.6 Å². The lowest BCUT2D eigenvalue weighted by molar-refractivity contribution is 0.303. The van der Waals surface area contributed by atoms with Gasteiger partial charge in [-0.3, -0.25) is 0 Å². The molecule has 0 N–H and O–H groups in total. The van der Waals surface area contributed by atoms with Gasteiger partial charge in [0.15, 0.2) is 0 Å². The summed E-state index contributed by atoms with van der Waals surface area (Å²) in [5.41, 5.74) is 1.50. The van der Waals surface area contributed by atoms with Crippen LogP contribution < -0.4 is 4.74 Å². The third-order valence-electron chi connectivity index (χ3n) is 3.29. The highest BCUT2D eigenvalue weighted by Gasteiger charge is 2.06. The highest BCUT2D eigenvalue weighted by atomic mass is 19.1. The average Bonchev–Trinajstić information content (AvgIpc) is 2.48. The molecule has 0 aliphatic heterocycles. The molecular formula is C18H21FO. The van der Waals surface area contributed by atoms with E-state index in [0.29, 0.717) is 17.9 Å². The second kappa shape index (κ2) is 7.68. The highest BCUT2D eigenvalue weighted by molar-refractivity contribution is 5.64. The molecule has 0 atom stereocenters. The van der Waals surface area contributed by atoms with E-state index in [1.807, 2.05) is 36.4 Å². The van der Waals surface area contributed by atoms with Gasteiger partial charge in [-0.15, -0.1) is 0 Å². The van der Waals surface area contributed by atoms with E-state index >= 15 is 0 Å². The summed E-state index contributed by atoms with van der Waals surface area (Å²) >= 11 is 0. The molecule has 1 nitrogen and oxygen atoms in total. The van der Waals surface area contributed by atoms with Crippen molar-refractivity contribution in [3.63, 3.8) is 0 Å². The molecule has 2 rings (SSSR count). The molecule has 2 heteroatoms. The molecule has 0 unspecified atom stereocenters. The summed E-state index contributed by atoms with van der Waals surface area (Å²) in [6.07, 6.45) is 4.63. The van der Waals surface area contributed by atoms with E-state index in [0.717, 1.165) is 12.0 Å². The van der Waals surface area contributed by atoms with Gasteiger partial charge in [0.25, 0.3) is 0 Å². The summed E-state index contributed by atoms with van der Waals surface area (Å²) in [7, 11) is 0. The smallest absolute Gasteiger partial charge is 0.134 e. The lowest BCUT2D eigenvalue weighted by Crippen LogP contribution is -1.98. The lowest BCUT2D eigenvalue weighted by Gasteiger charge is -2.08. The van der Waals surface area contributed by atoms with Crippen molar-refractivity contribution < 1.29 is 9.13 Å². The zero-order valence-electron chi connectivity index (χ0n) is 11.9. The monoisotopic (exact) mass is 272 g/mol. The minimum Gasteiger partial charge on any atom is -0.493 e. The molecule has 0 saturated carbocycles. The third-order valence-corrected chi connectivity index (χ3v) is 3.29. The first-order chi connectivity index (χ1) is 9.81. The Kier molecular flexibility index (Phi) is 5.60. The maximum absolute atomic E-state index is 14.1. The van der Waals surface area contributed by atoms with Gasteiger partial charge in [0, 0.05) is 11.6 Å². The fraction of sp³-hybridized carbons (Fsp3) is 0.333. The van der Waals surface area contributed by atoms with E-state index in [1.54, 1.807) is 6.07 Å². The van der Waals surface area contributed by atoms with E-state index < -0.39 is 0 Å². The molecule has 0 amide bonds.